The molecular formula is C10H14NO3P. The molecule has 0 fully saturated rings. The number of hydrogen-bond donors (Lipinski definition) is 1. The number of para-hydroxylation sites is 1. The lowest BCUT2D eigenvalue weighted by Gasteiger charge is -2.17. The van der Waals surface area contributed by atoms with Gasteiger partial charge in [0, 0.05) is 6.66 Å². The maximum atomic E-state index is 11.9. The second-order valence-corrected chi connectivity index (χ2v) is 5.44. The van der Waals surface area contributed by atoms with Crippen molar-refractivity contribution in [2.24, 2.45) is 0 Å². The highest BCUT2D eigenvalue weighted by Gasteiger charge is 2.19. The minimum absolute atomic E-state index is 0.482. The second kappa shape index (κ2) is 5.10. The molecule has 82 valence electrons. The molecule has 2 atom stereocenters. The standard InChI is InChI=1S/C10H14NO3P/c1-9(8-12)11-15(2,13)14-10-6-4-3-5-7-10/h3-9H,1-2H3,(H,11,13). The van der Waals surface area contributed by atoms with E-state index in [0.717, 1.165) is 0 Å². The first-order valence-corrected chi connectivity index (χ1v) is 6.66. The number of carbonyl (C=O) groups is 1. The van der Waals surface area contributed by atoms with Crippen molar-refractivity contribution >= 4 is 13.8 Å². The molecule has 1 rings (SSSR count). The fourth-order valence-corrected chi connectivity index (χ4v) is 2.49. The monoisotopic (exact) mass is 227 g/mol. The first kappa shape index (κ1) is 12.0. The van der Waals surface area contributed by atoms with Gasteiger partial charge in [0.05, 0.1) is 6.04 Å². The molecule has 1 aromatic carbocycles. The van der Waals surface area contributed by atoms with Crippen LogP contribution in [-0.2, 0) is 9.36 Å². The SMILES string of the molecule is CC(C=O)NP(C)(=O)Oc1ccccc1. The Morgan fingerprint density at radius 2 is 2.00 bits per heavy atom. The van der Waals surface area contributed by atoms with Gasteiger partial charge in [-0.05, 0) is 19.1 Å². The Hall–Kier alpha value is -1.12. The molecule has 1 aromatic rings. The summed E-state index contributed by atoms with van der Waals surface area (Å²) >= 11 is 0. The summed E-state index contributed by atoms with van der Waals surface area (Å²) in [4.78, 5) is 10.4. The van der Waals surface area contributed by atoms with Crippen LogP contribution in [0, 0.1) is 0 Å². The van der Waals surface area contributed by atoms with Gasteiger partial charge in [-0.2, -0.15) is 0 Å². The van der Waals surface area contributed by atoms with E-state index in [9.17, 15) is 9.36 Å². The van der Waals surface area contributed by atoms with E-state index in [-0.39, 0.29) is 0 Å². The van der Waals surface area contributed by atoms with Crippen LogP contribution in [0.5, 0.6) is 5.75 Å². The Morgan fingerprint density at radius 1 is 1.40 bits per heavy atom. The van der Waals surface area contributed by atoms with Crippen molar-refractivity contribution in [3.05, 3.63) is 30.3 Å². The molecule has 0 amide bonds. The lowest BCUT2D eigenvalue weighted by Crippen LogP contribution is -2.25. The van der Waals surface area contributed by atoms with E-state index in [0.29, 0.717) is 12.0 Å². The fourth-order valence-electron chi connectivity index (χ4n) is 1.11. The fraction of sp³-hybridized carbons (Fsp3) is 0.300. The highest BCUT2D eigenvalue weighted by Crippen LogP contribution is 2.38. The third kappa shape index (κ3) is 4.28. The number of aldehydes is 1. The first-order valence-electron chi connectivity index (χ1n) is 4.59. The predicted molar refractivity (Wildman–Crippen MR) is 59.3 cm³/mol. The summed E-state index contributed by atoms with van der Waals surface area (Å²) in [6.07, 6.45) is 0.685. The maximum Gasteiger partial charge on any atom is 0.314 e. The van der Waals surface area contributed by atoms with Crippen molar-refractivity contribution in [3.8, 4) is 5.75 Å². The summed E-state index contributed by atoms with van der Waals surface area (Å²) < 4.78 is 17.1. The topological polar surface area (TPSA) is 55.4 Å². The molecule has 4 nitrogen and oxygen atoms in total. The number of rotatable bonds is 5. The third-order valence-corrected chi connectivity index (χ3v) is 3.10. The molecule has 1 N–H and O–H groups in total. The van der Waals surface area contributed by atoms with Crippen LogP contribution < -0.4 is 9.61 Å². The molecule has 2 unspecified atom stereocenters. The average molecular weight is 227 g/mol. The van der Waals surface area contributed by atoms with Crippen molar-refractivity contribution in [1.82, 2.24) is 5.09 Å². The molecule has 0 spiro atoms. The summed E-state index contributed by atoms with van der Waals surface area (Å²) in [6.45, 7) is 3.07. The highest BCUT2D eigenvalue weighted by atomic mass is 31.2. The van der Waals surface area contributed by atoms with Crippen LogP contribution in [0.1, 0.15) is 6.92 Å². The van der Waals surface area contributed by atoms with Gasteiger partial charge >= 0.3 is 7.52 Å². The molecular weight excluding hydrogens is 213 g/mol. The van der Waals surface area contributed by atoms with Crippen molar-refractivity contribution in [2.75, 3.05) is 6.66 Å². The van der Waals surface area contributed by atoms with Gasteiger partial charge in [0.2, 0.25) is 0 Å². The predicted octanol–water partition coefficient (Wildman–Crippen LogP) is 2.07. The van der Waals surface area contributed by atoms with Gasteiger partial charge in [-0.15, -0.1) is 0 Å². The molecule has 0 aromatic heterocycles. The van der Waals surface area contributed by atoms with E-state index < -0.39 is 13.6 Å². The highest BCUT2D eigenvalue weighted by molar-refractivity contribution is 7.56. The maximum absolute atomic E-state index is 11.9. The van der Waals surface area contributed by atoms with Crippen molar-refractivity contribution in [2.45, 2.75) is 13.0 Å². The van der Waals surface area contributed by atoms with Crippen LogP contribution in [0.2, 0.25) is 0 Å². The van der Waals surface area contributed by atoms with Gasteiger partial charge in [-0.1, -0.05) is 18.2 Å². The van der Waals surface area contributed by atoms with Crippen LogP contribution >= 0.6 is 7.52 Å². The summed E-state index contributed by atoms with van der Waals surface area (Å²) in [5.74, 6) is 0.522. The number of nitrogens with one attached hydrogen (secondary N) is 1. The Kier molecular flexibility index (Phi) is 4.06. The minimum Gasteiger partial charge on any atom is -0.433 e. The van der Waals surface area contributed by atoms with Crippen LogP contribution in [0.3, 0.4) is 0 Å². The van der Waals surface area contributed by atoms with Gasteiger partial charge in [0.15, 0.2) is 0 Å². The van der Waals surface area contributed by atoms with E-state index in [4.69, 9.17) is 4.52 Å². The summed E-state index contributed by atoms with van der Waals surface area (Å²) in [7, 11) is -2.97. The van der Waals surface area contributed by atoms with Crippen LogP contribution in [0.25, 0.3) is 0 Å². The number of hydrogen-bond acceptors (Lipinski definition) is 3. The zero-order valence-electron chi connectivity index (χ0n) is 8.71. The molecule has 0 aliphatic carbocycles. The van der Waals surface area contributed by atoms with E-state index in [1.807, 2.05) is 6.07 Å². The second-order valence-electron chi connectivity index (χ2n) is 3.30. The van der Waals surface area contributed by atoms with Crippen molar-refractivity contribution in [3.63, 3.8) is 0 Å². The van der Waals surface area contributed by atoms with Gasteiger partial charge in [0.1, 0.15) is 12.0 Å². The molecule has 0 aliphatic heterocycles. The van der Waals surface area contributed by atoms with E-state index in [1.54, 1.807) is 31.2 Å². The van der Waals surface area contributed by atoms with Gasteiger partial charge in [-0.25, -0.2) is 5.09 Å². The molecule has 0 bridgehead atoms. The Bertz CT molecular complexity index is 366. The molecule has 5 heteroatoms. The average Bonchev–Trinajstić information content (AvgIpc) is 2.17. The lowest BCUT2D eigenvalue weighted by atomic mass is 10.3. The van der Waals surface area contributed by atoms with Gasteiger partial charge in [-0.3, -0.25) is 4.57 Å². The first-order chi connectivity index (χ1) is 7.03. The van der Waals surface area contributed by atoms with Crippen LogP contribution in [0.4, 0.5) is 0 Å². The van der Waals surface area contributed by atoms with Crippen LogP contribution in [0.15, 0.2) is 30.3 Å². The third-order valence-electron chi connectivity index (χ3n) is 1.67. The largest absolute Gasteiger partial charge is 0.433 e. The van der Waals surface area contributed by atoms with Gasteiger partial charge < -0.3 is 9.32 Å². The normalized spacial score (nSPS) is 16.4. The smallest absolute Gasteiger partial charge is 0.314 e. The number of benzene rings is 1. The quantitative estimate of drug-likeness (QED) is 0.618. The molecule has 0 radical (unpaired) electrons. The Balaban J connectivity index is 2.64. The van der Waals surface area contributed by atoms with E-state index in [1.165, 1.54) is 6.66 Å². The molecule has 0 saturated heterocycles. The summed E-state index contributed by atoms with van der Waals surface area (Å²) in [5, 5.41) is 2.62. The van der Waals surface area contributed by atoms with Crippen molar-refractivity contribution < 1.29 is 13.9 Å². The zero-order chi connectivity index (χ0) is 11.3. The van der Waals surface area contributed by atoms with Gasteiger partial charge in [0.25, 0.3) is 0 Å². The minimum atomic E-state index is -2.97. The summed E-state index contributed by atoms with van der Waals surface area (Å²) in [5.41, 5.74) is 0. The molecule has 0 aliphatic rings. The Morgan fingerprint density at radius 3 is 2.53 bits per heavy atom. The zero-order valence-corrected chi connectivity index (χ0v) is 9.61. The lowest BCUT2D eigenvalue weighted by molar-refractivity contribution is -0.108. The van der Waals surface area contributed by atoms with E-state index in [2.05, 4.69) is 5.09 Å². The van der Waals surface area contributed by atoms with Crippen molar-refractivity contribution in [1.29, 1.82) is 0 Å². The molecule has 15 heavy (non-hydrogen) atoms. The van der Waals surface area contributed by atoms with Crippen LogP contribution in [-0.4, -0.2) is 19.0 Å². The summed E-state index contributed by atoms with van der Waals surface area (Å²) in [6, 6.07) is 8.36. The number of carbonyl (C=O) groups excluding carboxylic acids is 1. The Labute approximate surface area is 89.1 Å². The molecule has 0 saturated carbocycles. The molecule has 0 heterocycles. The van der Waals surface area contributed by atoms with E-state index >= 15 is 0 Å².